The molecule has 0 aliphatic rings. The van der Waals surface area contributed by atoms with Crippen molar-refractivity contribution in [2.24, 2.45) is 0 Å². The summed E-state index contributed by atoms with van der Waals surface area (Å²) in [5.41, 5.74) is 2.72. The molecule has 0 N–H and O–H groups in total. The van der Waals surface area contributed by atoms with Crippen molar-refractivity contribution >= 4 is 21.4 Å². The minimum Gasteiger partial charge on any atom is -0.140 e. The van der Waals surface area contributed by atoms with Gasteiger partial charge in [-0.1, -0.05) is 48.0 Å². The summed E-state index contributed by atoms with van der Waals surface area (Å²) < 4.78 is 1.38. The third-order valence-corrected chi connectivity index (χ3v) is 4.09. The van der Waals surface area contributed by atoms with E-state index in [-0.39, 0.29) is 0 Å². The predicted molar refractivity (Wildman–Crippen MR) is 75.8 cm³/mol. The lowest BCUT2D eigenvalue weighted by Crippen LogP contribution is -1.83. The van der Waals surface area contributed by atoms with Crippen molar-refractivity contribution in [3.63, 3.8) is 0 Å². The highest BCUT2D eigenvalue weighted by Crippen LogP contribution is 2.27. The van der Waals surface area contributed by atoms with Crippen LogP contribution < -0.4 is 0 Å². The third-order valence-electron chi connectivity index (χ3n) is 2.98. The van der Waals surface area contributed by atoms with Crippen molar-refractivity contribution in [3.05, 3.63) is 70.6 Å². The van der Waals surface area contributed by atoms with Crippen molar-refractivity contribution in [2.45, 2.75) is 13.3 Å². The predicted octanol–water partition coefficient (Wildman–Crippen LogP) is 4.80. The van der Waals surface area contributed by atoms with Gasteiger partial charge in [-0.3, -0.25) is 0 Å². The molecule has 1 heterocycles. The molecular formula is C16H14S. The van der Waals surface area contributed by atoms with Crippen LogP contribution in [-0.4, -0.2) is 0 Å². The van der Waals surface area contributed by atoms with Crippen molar-refractivity contribution in [1.29, 1.82) is 0 Å². The molecule has 0 aliphatic carbocycles. The minimum absolute atomic E-state index is 1.04. The zero-order valence-corrected chi connectivity index (χ0v) is 10.6. The molecular weight excluding hydrogens is 224 g/mol. The van der Waals surface area contributed by atoms with Crippen LogP contribution in [0.3, 0.4) is 0 Å². The molecule has 0 unspecified atom stereocenters. The Labute approximate surface area is 106 Å². The van der Waals surface area contributed by atoms with Gasteiger partial charge < -0.3 is 0 Å². The highest BCUT2D eigenvalue weighted by molar-refractivity contribution is 7.19. The second kappa shape index (κ2) is 4.34. The number of fused-ring (bicyclic) bond motifs is 1. The zero-order chi connectivity index (χ0) is 11.7. The van der Waals surface area contributed by atoms with Crippen LogP contribution in [0, 0.1) is 6.92 Å². The summed E-state index contributed by atoms with van der Waals surface area (Å²) >= 11 is 1.90. The van der Waals surface area contributed by atoms with E-state index in [2.05, 4.69) is 61.5 Å². The average molecular weight is 238 g/mol. The molecule has 0 aliphatic heterocycles. The Kier molecular flexibility index (Phi) is 2.69. The largest absolute Gasteiger partial charge is 0.140 e. The summed E-state index contributed by atoms with van der Waals surface area (Å²) in [7, 11) is 0. The topological polar surface area (TPSA) is 0 Å². The molecule has 17 heavy (non-hydrogen) atoms. The number of hydrogen-bond donors (Lipinski definition) is 0. The van der Waals surface area contributed by atoms with Gasteiger partial charge in [0.15, 0.2) is 0 Å². The summed E-state index contributed by atoms with van der Waals surface area (Å²) in [5, 5.41) is 1.36. The lowest BCUT2D eigenvalue weighted by molar-refractivity contribution is 1.23. The summed E-state index contributed by atoms with van der Waals surface area (Å²) in [6.45, 7) is 2.13. The van der Waals surface area contributed by atoms with E-state index in [1.54, 1.807) is 0 Å². The van der Waals surface area contributed by atoms with Gasteiger partial charge in [0, 0.05) is 16.0 Å². The highest BCUT2D eigenvalue weighted by Gasteiger charge is 2.02. The first-order valence-electron chi connectivity index (χ1n) is 5.84. The summed E-state index contributed by atoms with van der Waals surface area (Å²) in [4.78, 5) is 1.44. The maximum atomic E-state index is 2.31. The van der Waals surface area contributed by atoms with Gasteiger partial charge in [0.1, 0.15) is 0 Å². The lowest BCUT2D eigenvalue weighted by Gasteiger charge is -1.98. The summed E-state index contributed by atoms with van der Waals surface area (Å²) in [6, 6.07) is 19.7. The van der Waals surface area contributed by atoms with Crippen LogP contribution in [0.5, 0.6) is 0 Å². The Morgan fingerprint density at radius 3 is 2.47 bits per heavy atom. The van der Waals surface area contributed by atoms with Crippen LogP contribution in [0.4, 0.5) is 0 Å². The molecule has 1 aromatic heterocycles. The minimum atomic E-state index is 1.04. The fourth-order valence-electron chi connectivity index (χ4n) is 2.03. The van der Waals surface area contributed by atoms with Crippen molar-refractivity contribution in [2.75, 3.05) is 0 Å². The first-order chi connectivity index (χ1) is 8.31. The number of rotatable bonds is 2. The molecule has 0 fully saturated rings. The first-order valence-corrected chi connectivity index (χ1v) is 6.66. The molecule has 0 spiro atoms. The number of aryl methyl sites for hydroxylation is 1. The van der Waals surface area contributed by atoms with Crippen LogP contribution >= 0.6 is 11.3 Å². The molecule has 1 heteroatoms. The smallest absolute Gasteiger partial charge is 0.0345 e. The molecule has 0 amide bonds. The normalized spacial score (nSPS) is 10.9. The Morgan fingerprint density at radius 2 is 1.71 bits per heavy atom. The first kappa shape index (κ1) is 10.5. The van der Waals surface area contributed by atoms with Crippen LogP contribution in [-0.2, 0) is 6.42 Å². The SMILES string of the molecule is Cc1ccc(Cc2cc3ccccc3s2)cc1. The number of benzene rings is 2. The quantitative estimate of drug-likeness (QED) is 0.601. The van der Waals surface area contributed by atoms with Crippen LogP contribution in [0.25, 0.3) is 10.1 Å². The molecule has 2 aromatic carbocycles. The third kappa shape index (κ3) is 2.25. The molecule has 0 saturated carbocycles. The average Bonchev–Trinajstić information content (AvgIpc) is 2.74. The van der Waals surface area contributed by atoms with Gasteiger partial charge in [-0.25, -0.2) is 0 Å². The Balaban J connectivity index is 1.92. The molecule has 0 atom stereocenters. The Morgan fingerprint density at radius 1 is 0.941 bits per heavy atom. The molecule has 84 valence electrons. The van der Waals surface area contributed by atoms with Gasteiger partial charge in [-0.2, -0.15) is 0 Å². The van der Waals surface area contributed by atoms with Crippen LogP contribution in [0.2, 0.25) is 0 Å². The van der Waals surface area contributed by atoms with E-state index in [0.29, 0.717) is 0 Å². The molecule has 0 nitrogen and oxygen atoms in total. The number of thiophene rings is 1. The van der Waals surface area contributed by atoms with Crippen molar-refractivity contribution in [1.82, 2.24) is 0 Å². The van der Waals surface area contributed by atoms with Crippen LogP contribution in [0.1, 0.15) is 16.0 Å². The standard InChI is InChI=1S/C16H14S/c1-12-6-8-13(9-7-12)10-15-11-14-4-2-3-5-16(14)17-15/h2-9,11H,10H2,1H3. The summed E-state index contributed by atoms with van der Waals surface area (Å²) in [5.74, 6) is 0. The number of hydrogen-bond acceptors (Lipinski definition) is 1. The van der Waals surface area contributed by atoms with Crippen LogP contribution in [0.15, 0.2) is 54.6 Å². The Hall–Kier alpha value is -1.60. The molecule has 3 aromatic rings. The summed E-state index contributed by atoms with van der Waals surface area (Å²) in [6.07, 6.45) is 1.04. The van der Waals surface area contributed by atoms with E-state index < -0.39 is 0 Å². The molecule has 0 saturated heterocycles. The van der Waals surface area contributed by atoms with Crippen molar-refractivity contribution in [3.8, 4) is 0 Å². The fourth-order valence-corrected chi connectivity index (χ4v) is 3.13. The molecule has 0 bridgehead atoms. The van der Waals surface area contributed by atoms with E-state index in [1.807, 2.05) is 11.3 Å². The van der Waals surface area contributed by atoms with E-state index >= 15 is 0 Å². The second-order valence-corrected chi connectivity index (χ2v) is 5.58. The highest BCUT2D eigenvalue weighted by atomic mass is 32.1. The van der Waals surface area contributed by atoms with E-state index in [4.69, 9.17) is 0 Å². The van der Waals surface area contributed by atoms with Gasteiger partial charge in [-0.05, 0) is 30.0 Å². The van der Waals surface area contributed by atoms with E-state index in [9.17, 15) is 0 Å². The maximum absolute atomic E-state index is 2.31. The molecule has 3 rings (SSSR count). The van der Waals surface area contributed by atoms with Gasteiger partial charge in [0.05, 0.1) is 0 Å². The second-order valence-electron chi connectivity index (χ2n) is 4.41. The van der Waals surface area contributed by atoms with Crippen molar-refractivity contribution < 1.29 is 0 Å². The van der Waals surface area contributed by atoms with Gasteiger partial charge in [0.2, 0.25) is 0 Å². The Bertz CT molecular complexity index is 599. The molecule has 0 radical (unpaired) electrons. The monoisotopic (exact) mass is 238 g/mol. The fraction of sp³-hybridized carbons (Fsp3) is 0.125. The van der Waals surface area contributed by atoms with E-state index in [1.165, 1.54) is 26.1 Å². The van der Waals surface area contributed by atoms with Gasteiger partial charge >= 0.3 is 0 Å². The lowest BCUT2D eigenvalue weighted by atomic mass is 10.1. The zero-order valence-electron chi connectivity index (χ0n) is 9.81. The maximum Gasteiger partial charge on any atom is 0.0345 e. The van der Waals surface area contributed by atoms with E-state index in [0.717, 1.165) is 6.42 Å². The van der Waals surface area contributed by atoms with Gasteiger partial charge in [-0.15, -0.1) is 11.3 Å². The van der Waals surface area contributed by atoms with Gasteiger partial charge in [0.25, 0.3) is 0 Å².